The van der Waals surface area contributed by atoms with E-state index >= 15 is 0 Å². The molecule has 0 aliphatic heterocycles. The number of hydrogen-bond acceptors (Lipinski definition) is 4. The van der Waals surface area contributed by atoms with Crippen molar-refractivity contribution < 1.29 is 13.5 Å². The highest BCUT2D eigenvalue weighted by Gasteiger charge is 2.19. The summed E-state index contributed by atoms with van der Waals surface area (Å²) in [6, 6.07) is 0. The zero-order valence-electron chi connectivity index (χ0n) is 11.9. The molecule has 0 atom stereocenters. The first-order valence-electron chi connectivity index (χ1n) is 6.21. The van der Waals surface area contributed by atoms with Crippen molar-refractivity contribution in [3.8, 4) is 0 Å². The Balaban J connectivity index is 4.78. The molecule has 2 N–H and O–H groups in total. The van der Waals surface area contributed by atoms with Crippen molar-refractivity contribution in [2.24, 2.45) is 5.10 Å². The fourth-order valence-corrected chi connectivity index (χ4v) is 2.53. The van der Waals surface area contributed by atoms with Crippen molar-refractivity contribution in [3.63, 3.8) is 0 Å². The predicted molar refractivity (Wildman–Crippen MR) is 73.6 cm³/mol. The maximum Gasteiger partial charge on any atom is 0.316 e. The lowest BCUT2D eigenvalue weighted by Gasteiger charge is -2.20. The summed E-state index contributed by atoms with van der Waals surface area (Å²) < 4.78 is 24.9. The first-order chi connectivity index (χ1) is 8.16. The molecule has 0 radical (unpaired) electrons. The first-order valence-corrected chi connectivity index (χ1v) is 7.65. The van der Waals surface area contributed by atoms with Gasteiger partial charge in [0.05, 0.1) is 5.60 Å². The number of aliphatic hydroxyl groups is 1. The molecule has 0 saturated carbocycles. The van der Waals surface area contributed by atoms with E-state index in [2.05, 4.69) is 9.93 Å². The summed E-state index contributed by atoms with van der Waals surface area (Å²) in [5.41, 5.74) is -0.270. The molecule has 0 bridgehead atoms. The number of rotatable bonds is 8. The summed E-state index contributed by atoms with van der Waals surface area (Å²) in [5, 5.41) is 13.6. The third kappa shape index (κ3) is 6.32. The van der Waals surface area contributed by atoms with Gasteiger partial charge in [-0.05, 0) is 20.3 Å². The van der Waals surface area contributed by atoms with Gasteiger partial charge in [0.1, 0.15) is 0 Å². The highest BCUT2D eigenvalue weighted by molar-refractivity contribution is 7.87. The molecule has 0 aromatic heterocycles. The van der Waals surface area contributed by atoms with Gasteiger partial charge in [0.25, 0.3) is 0 Å². The van der Waals surface area contributed by atoms with Gasteiger partial charge in [-0.2, -0.15) is 22.7 Å². The molecule has 0 saturated heterocycles. The number of nitrogens with zero attached hydrogens (tertiary/aromatic N) is 2. The SMILES string of the molecule is CC/C(CC(C)(C)O)=N\NS(=O)(=O)N(CC)CC. The van der Waals surface area contributed by atoms with Crippen LogP contribution in [0.4, 0.5) is 0 Å². The van der Waals surface area contributed by atoms with Crippen LogP contribution < -0.4 is 4.83 Å². The number of nitrogens with one attached hydrogen (secondary N) is 1. The summed E-state index contributed by atoms with van der Waals surface area (Å²) in [4.78, 5) is 2.21. The normalized spacial score (nSPS) is 14.1. The van der Waals surface area contributed by atoms with Crippen molar-refractivity contribution in [2.45, 2.75) is 53.1 Å². The third-order valence-corrected chi connectivity index (χ3v) is 3.93. The van der Waals surface area contributed by atoms with Crippen LogP contribution in [0.25, 0.3) is 0 Å². The van der Waals surface area contributed by atoms with E-state index in [1.54, 1.807) is 27.7 Å². The van der Waals surface area contributed by atoms with E-state index in [-0.39, 0.29) is 0 Å². The second-order valence-corrected chi connectivity index (χ2v) is 6.35. The Kier molecular flexibility index (Phi) is 6.80. The molecule has 0 rings (SSSR count). The van der Waals surface area contributed by atoms with Crippen LogP contribution in [0.5, 0.6) is 0 Å². The van der Waals surface area contributed by atoms with Crippen molar-refractivity contribution >= 4 is 15.9 Å². The van der Waals surface area contributed by atoms with E-state index < -0.39 is 15.8 Å². The average molecular weight is 279 g/mol. The number of hydrogen-bond donors (Lipinski definition) is 2. The standard InChI is InChI=1S/C11H25N3O3S/c1-6-10(9-11(4,5)15)12-13-18(16,17)14(7-2)8-3/h13,15H,6-9H2,1-5H3/b12-10+. The Morgan fingerprint density at radius 2 is 1.78 bits per heavy atom. The zero-order chi connectivity index (χ0) is 14.4. The smallest absolute Gasteiger partial charge is 0.316 e. The lowest BCUT2D eigenvalue weighted by atomic mass is 10.0. The molecule has 0 aliphatic carbocycles. The van der Waals surface area contributed by atoms with Gasteiger partial charge in [-0.1, -0.05) is 20.8 Å². The molecule has 7 heteroatoms. The summed E-state index contributed by atoms with van der Waals surface area (Å²) in [6.07, 6.45) is 0.926. The summed E-state index contributed by atoms with van der Waals surface area (Å²) in [6.45, 7) is 9.53. The van der Waals surface area contributed by atoms with Crippen LogP contribution in [0.1, 0.15) is 47.5 Å². The molecule has 0 heterocycles. The topological polar surface area (TPSA) is 82.0 Å². The molecule has 18 heavy (non-hydrogen) atoms. The van der Waals surface area contributed by atoms with Gasteiger partial charge in [-0.15, -0.1) is 0 Å². The lowest BCUT2D eigenvalue weighted by molar-refractivity contribution is 0.0881. The highest BCUT2D eigenvalue weighted by atomic mass is 32.2. The van der Waals surface area contributed by atoms with E-state index in [4.69, 9.17) is 0 Å². The lowest BCUT2D eigenvalue weighted by Crippen LogP contribution is -2.39. The third-order valence-electron chi connectivity index (χ3n) is 2.41. The predicted octanol–water partition coefficient (Wildman–Crippen LogP) is 1.09. The number of hydrazone groups is 1. The van der Waals surface area contributed by atoms with Gasteiger partial charge in [0.15, 0.2) is 0 Å². The summed E-state index contributed by atoms with van der Waals surface area (Å²) in [5.74, 6) is 0. The summed E-state index contributed by atoms with van der Waals surface area (Å²) in [7, 11) is -3.57. The largest absolute Gasteiger partial charge is 0.390 e. The molecular formula is C11H25N3O3S. The second kappa shape index (κ2) is 7.06. The first kappa shape index (κ1) is 17.3. The van der Waals surface area contributed by atoms with E-state index in [9.17, 15) is 13.5 Å². The van der Waals surface area contributed by atoms with Crippen LogP contribution in [0.3, 0.4) is 0 Å². The van der Waals surface area contributed by atoms with Crippen LogP contribution in [-0.4, -0.2) is 42.2 Å². The summed E-state index contributed by atoms with van der Waals surface area (Å²) >= 11 is 0. The van der Waals surface area contributed by atoms with Gasteiger partial charge in [0.2, 0.25) is 0 Å². The molecule has 0 aromatic rings. The Labute approximate surface area is 110 Å². The van der Waals surface area contributed by atoms with E-state index in [0.717, 1.165) is 0 Å². The van der Waals surface area contributed by atoms with Crippen LogP contribution in [-0.2, 0) is 10.2 Å². The van der Waals surface area contributed by atoms with Crippen molar-refractivity contribution in [2.75, 3.05) is 13.1 Å². The van der Waals surface area contributed by atoms with Gasteiger partial charge in [-0.3, -0.25) is 0 Å². The molecule has 0 unspecified atom stereocenters. The molecule has 108 valence electrons. The van der Waals surface area contributed by atoms with E-state index in [1.165, 1.54) is 4.31 Å². The molecule has 0 amide bonds. The Bertz CT molecular complexity index is 367. The molecule has 0 spiro atoms. The molecule has 0 aliphatic rings. The molecule has 6 nitrogen and oxygen atoms in total. The zero-order valence-corrected chi connectivity index (χ0v) is 12.7. The van der Waals surface area contributed by atoms with E-state index in [0.29, 0.717) is 31.6 Å². The van der Waals surface area contributed by atoms with Crippen LogP contribution in [0, 0.1) is 0 Å². The minimum Gasteiger partial charge on any atom is -0.390 e. The molecule has 0 aromatic carbocycles. The van der Waals surface area contributed by atoms with Crippen LogP contribution in [0.2, 0.25) is 0 Å². The van der Waals surface area contributed by atoms with Gasteiger partial charge in [0, 0.05) is 25.2 Å². The second-order valence-electron chi connectivity index (χ2n) is 4.70. The van der Waals surface area contributed by atoms with Crippen LogP contribution in [0.15, 0.2) is 5.10 Å². The fourth-order valence-electron chi connectivity index (χ4n) is 1.49. The minimum absolute atomic E-state index is 0.338. The maximum atomic E-state index is 11.8. The average Bonchev–Trinajstić information content (AvgIpc) is 2.24. The molecular weight excluding hydrogens is 254 g/mol. The minimum atomic E-state index is -3.57. The molecule has 0 fully saturated rings. The van der Waals surface area contributed by atoms with Crippen molar-refractivity contribution in [3.05, 3.63) is 0 Å². The Morgan fingerprint density at radius 1 is 1.28 bits per heavy atom. The maximum absolute atomic E-state index is 11.8. The quantitative estimate of drug-likeness (QED) is 0.515. The van der Waals surface area contributed by atoms with Gasteiger partial charge < -0.3 is 5.11 Å². The van der Waals surface area contributed by atoms with Crippen molar-refractivity contribution in [1.82, 2.24) is 9.14 Å². The van der Waals surface area contributed by atoms with Crippen molar-refractivity contribution in [1.29, 1.82) is 0 Å². The monoisotopic (exact) mass is 279 g/mol. The fraction of sp³-hybridized carbons (Fsp3) is 0.909. The van der Waals surface area contributed by atoms with Gasteiger partial charge >= 0.3 is 10.2 Å². The van der Waals surface area contributed by atoms with E-state index in [1.807, 2.05) is 6.92 Å². The Morgan fingerprint density at radius 3 is 2.11 bits per heavy atom. The highest BCUT2D eigenvalue weighted by Crippen LogP contribution is 2.10. The van der Waals surface area contributed by atoms with Gasteiger partial charge in [-0.25, -0.2) is 0 Å². The van der Waals surface area contributed by atoms with Crippen LogP contribution >= 0.6 is 0 Å². The Hall–Kier alpha value is -0.660.